The fourth-order valence-electron chi connectivity index (χ4n) is 2.12. The van der Waals surface area contributed by atoms with Crippen LogP contribution in [0.1, 0.15) is 49.8 Å². The average Bonchev–Trinajstić information content (AvgIpc) is 2.34. The summed E-state index contributed by atoms with van der Waals surface area (Å²) in [7, 11) is 1.72. The van der Waals surface area contributed by atoms with Gasteiger partial charge in [0.15, 0.2) is 0 Å². The highest BCUT2D eigenvalue weighted by molar-refractivity contribution is 6.31. The van der Waals surface area contributed by atoms with Crippen LogP contribution in [0.15, 0.2) is 6.07 Å². The molecule has 3 heteroatoms. The van der Waals surface area contributed by atoms with Crippen molar-refractivity contribution in [1.82, 2.24) is 0 Å². The smallest absolute Gasteiger partial charge is 0.125 e. The Labute approximate surface area is 115 Å². The molecule has 0 saturated carbocycles. The molecule has 0 saturated heterocycles. The van der Waals surface area contributed by atoms with E-state index < -0.39 is 0 Å². The van der Waals surface area contributed by atoms with Gasteiger partial charge in [-0.25, -0.2) is 0 Å². The molecule has 0 aliphatic rings. The van der Waals surface area contributed by atoms with Crippen molar-refractivity contribution in [1.29, 1.82) is 0 Å². The molecule has 18 heavy (non-hydrogen) atoms. The molecule has 1 aromatic carbocycles. The fourth-order valence-corrected chi connectivity index (χ4v) is 2.35. The Morgan fingerprint density at radius 3 is 2.44 bits per heavy atom. The lowest BCUT2D eigenvalue weighted by Crippen LogP contribution is -2.22. The molecule has 1 unspecified atom stereocenters. The summed E-state index contributed by atoms with van der Waals surface area (Å²) in [5.41, 5.74) is 9.47. The quantitative estimate of drug-likeness (QED) is 0.875. The number of hydrogen-bond donors (Lipinski definition) is 1. The van der Waals surface area contributed by atoms with Gasteiger partial charge in [0, 0.05) is 16.6 Å². The Bertz CT molecular complexity index is 415. The first kappa shape index (κ1) is 15.3. The first-order valence-electron chi connectivity index (χ1n) is 6.53. The predicted molar refractivity (Wildman–Crippen MR) is 78.8 cm³/mol. The lowest BCUT2D eigenvalue weighted by molar-refractivity contribution is 0.400. The Balaban J connectivity index is 3.35. The van der Waals surface area contributed by atoms with Gasteiger partial charge in [-0.1, -0.05) is 32.4 Å². The van der Waals surface area contributed by atoms with E-state index in [-0.39, 0.29) is 6.04 Å². The van der Waals surface area contributed by atoms with Crippen molar-refractivity contribution in [3.05, 3.63) is 27.8 Å². The molecular weight excluding hydrogens is 246 g/mol. The van der Waals surface area contributed by atoms with Crippen LogP contribution in [0.5, 0.6) is 5.75 Å². The van der Waals surface area contributed by atoms with E-state index in [0.29, 0.717) is 5.92 Å². The van der Waals surface area contributed by atoms with E-state index in [1.54, 1.807) is 7.11 Å². The Kier molecular flexibility index (Phi) is 5.48. The minimum absolute atomic E-state index is 0.149. The zero-order chi connectivity index (χ0) is 13.9. The van der Waals surface area contributed by atoms with Gasteiger partial charge in [0.1, 0.15) is 5.75 Å². The van der Waals surface area contributed by atoms with E-state index in [1.165, 1.54) is 0 Å². The van der Waals surface area contributed by atoms with Gasteiger partial charge < -0.3 is 10.5 Å². The van der Waals surface area contributed by atoms with E-state index in [1.807, 2.05) is 13.0 Å². The molecule has 0 heterocycles. The minimum atomic E-state index is 0.149. The number of benzene rings is 1. The molecule has 0 aliphatic heterocycles. The van der Waals surface area contributed by atoms with Gasteiger partial charge in [0.05, 0.1) is 7.11 Å². The van der Waals surface area contributed by atoms with Crippen LogP contribution in [0.2, 0.25) is 5.02 Å². The number of nitrogens with two attached hydrogens (primary N) is 1. The number of ether oxygens (including phenoxy) is 1. The van der Waals surface area contributed by atoms with Crippen molar-refractivity contribution in [2.75, 3.05) is 7.11 Å². The summed E-state index contributed by atoms with van der Waals surface area (Å²) < 4.78 is 5.60. The Hall–Kier alpha value is -0.730. The molecule has 0 aliphatic carbocycles. The highest BCUT2D eigenvalue weighted by Crippen LogP contribution is 2.37. The molecule has 0 radical (unpaired) electrons. The highest BCUT2D eigenvalue weighted by atomic mass is 35.5. The summed E-state index contributed by atoms with van der Waals surface area (Å²) in [6.07, 6.45) is 1.76. The Morgan fingerprint density at radius 2 is 2.00 bits per heavy atom. The van der Waals surface area contributed by atoms with Crippen molar-refractivity contribution in [2.45, 2.75) is 52.5 Å². The SMILES string of the molecule is CCC(N)Cc1c(C)c(Cl)cc(C(C)C)c1OC. The molecule has 102 valence electrons. The van der Waals surface area contributed by atoms with Crippen LogP contribution in [-0.4, -0.2) is 13.2 Å². The zero-order valence-electron chi connectivity index (χ0n) is 12.0. The normalized spacial score (nSPS) is 12.9. The highest BCUT2D eigenvalue weighted by Gasteiger charge is 2.18. The molecule has 0 fully saturated rings. The molecule has 1 aromatic rings. The minimum Gasteiger partial charge on any atom is -0.496 e. The lowest BCUT2D eigenvalue weighted by atomic mass is 9.92. The molecule has 1 rings (SSSR count). The third-order valence-corrected chi connectivity index (χ3v) is 3.84. The van der Waals surface area contributed by atoms with Gasteiger partial charge in [-0.05, 0) is 42.9 Å². The number of halogens is 1. The number of methoxy groups -OCH3 is 1. The third kappa shape index (κ3) is 3.18. The lowest BCUT2D eigenvalue weighted by Gasteiger charge is -2.21. The van der Waals surface area contributed by atoms with E-state index in [0.717, 1.165) is 40.3 Å². The molecule has 0 amide bonds. The third-order valence-electron chi connectivity index (χ3n) is 3.45. The number of rotatable bonds is 5. The summed E-state index contributed by atoms with van der Waals surface area (Å²) in [6.45, 7) is 8.42. The molecule has 1 atom stereocenters. The maximum Gasteiger partial charge on any atom is 0.125 e. The first-order valence-corrected chi connectivity index (χ1v) is 6.91. The Morgan fingerprint density at radius 1 is 1.39 bits per heavy atom. The van der Waals surface area contributed by atoms with Crippen molar-refractivity contribution in [2.24, 2.45) is 5.73 Å². The van der Waals surface area contributed by atoms with Crippen LogP contribution in [0, 0.1) is 6.92 Å². The molecule has 0 aromatic heterocycles. The van der Waals surface area contributed by atoms with Crippen molar-refractivity contribution in [3.8, 4) is 5.75 Å². The van der Waals surface area contributed by atoms with Gasteiger partial charge in [-0.2, -0.15) is 0 Å². The van der Waals surface area contributed by atoms with Gasteiger partial charge in [0.2, 0.25) is 0 Å². The molecule has 0 bridgehead atoms. The maximum atomic E-state index is 6.32. The van der Waals surface area contributed by atoms with Crippen molar-refractivity contribution in [3.63, 3.8) is 0 Å². The monoisotopic (exact) mass is 269 g/mol. The number of hydrogen-bond acceptors (Lipinski definition) is 2. The molecular formula is C15H24ClNO. The summed E-state index contributed by atoms with van der Waals surface area (Å²) in [5, 5.41) is 0.804. The van der Waals surface area contributed by atoms with Crippen LogP contribution in [0.25, 0.3) is 0 Å². The van der Waals surface area contributed by atoms with E-state index in [9.17, 15) is 0 Å². The van der Waals surface area contributed by atoms with Crippen LogP contribution in [-0.2, 0) is 6.42 Å². The predicted octanol–water partition coefficient (Wildman–Crippen LogP) is 4.06. The molecule has 2 N–H and O–H groups in total. The van der Waals surface area contributed by atoms with Gasteiger partial charge in [-0.3, -0.25) is 0 Å². The zero-order valence-corrected chi connectivity index (χ0v) is 12.8. The van der Waals surface area contributed by atoms with E-state index >= 15 is 0 Å². The second kappa shape index (κ2) is 6.44. The van der Waals surface area contributed by atoms with E-state index in [4.69, 9.17) is 22.1 Å². The van der Waals surface area contributed by atoms with Gasteiger partial charge >= 0.3 is 0 Å². The van der Waals surface area contributed by atoms with Gasteiger partial charge in [0.25, 0.3) is 0 Å². The average molecular weight is 270 g/mol. The van der Waals surface area contributed by atoms with Crippen molar-refractivity contribution < 1.29 is 4.74 Å². The molecule has 2 nitrogen and oxygen atoms in total. The molecule has 0 spiro atoms. The second-order valence-corrected chi connectivity index (χ2v) is 5.52. The van der Waals surface area contributed by atoms with Gasteiger partial charge in [-0.15, -0.1) is 0 Å². The summed E-state index contributed by atoms with van der Waals surface area (Å²) >= 11 is 6.32. The maximum absolute atomic E-state index is 6.32. The summed E-state index contributed by atoms with van der Waals surface area (Å²) in [4.78, 5) is 0. The van der Waals surface area contributed by atoms with Crippen LogP contribution >= 0.6 is 11.6 Å². The summed E-state index contributed by atoms with van der Waals surface area (Å²) in [6, 6.07) is 2.16. The topological polar surface area (TPSA) is 35.2 Å². The fraction of sp³-hybridized carbons (Fsp3) is 0.600. The standard InChI is InChI=1S/C15H24ClNO/c1-6-11(17)7-13-10(4)14(16)8-12(9(2)3)15(13)18-5/h8-9,11H,6-7,17H2,1-5H3. The van der Waals surface area contributed by atoms with E-state index in [2.05, 4.69) is 20.8 Å². The van der Waals surface area contributed by atoms with Crippen molar-refractivity contribution >= 4 is 11.6 Å². The van der Waals surface area contributed by atoms with Crippen LogP contribution < -0.4 is 10.5 Å². The van der Waals surface area contributed by atoms with Crippen LogP contribution in [0.4, 0.5) is 0 Å². The summed E-state index contributed by atoms with van der Waals surface area (Å²) in [5.74, 6) is 1.34. The first-order chi connectivity index (χ1) is 8.42. The largest absolute Gasteiger partial charge is 0.496 e. The second-order valence-electron chi connectivity index (χ2n) is 5.11. The van der Waals surface area contributed by atoms with Crippen LogP contribution in [0.3, 0.4) is 0 Å².